The molecule has 3 rings (SSSR count). The number of likely N-dealkylation sites (tertiary alicyclic amines) is 2. The molecule has 0 radical (unpaired) electrons. The van der Waals surface area contributed by atoms with Gasteiger partial charge in [0, 0.05) is 26.1 Å². The first-order valence-corrected chi connectivity index (χ1v) is 9.26. The molecule has 25 heavy (non-hydrogen) atoms. The lowest BCUT2D eigenvalue weighted by Gasteiger charge is -2.38. The second-order valence-corrected chi connectivity index (χ2v) is 7.86. The number of ether oxygens (including phenoxy) is 1. The number of rotatable bonds is 5. The van der Waals surface area contributed by atoms with Crippen LogP contribution in [-0.2, 0) is 11.3 Å². The van der Waals surface area contributed by atoms with E-state index >= 15 is 0 Å². The first-order chi connectivity index (χ1) is 12.0. The Kier molecular flexibility index (Phi) is 5.48. The van der Waals surface area contributed by atoms with Crippen molar-refractivity contribution in [3.05, 3.63) is 41.5 Å². The zero-order valence-corrected chi connectivity index (χ0v) is 15.8. The van der Waals surface area contributed by atoms with E-state index < -0.39 is 0 Å². The van der Waals surface area contributed by atoms with E-state index in [2.05, 4.69) is 30.9 Å². The van der Waals surface area contributed by atoms with Gasteiger partial charge < -0.3 is 9.64 Å². The predicted octanol–water partition coefficient (Wildman–Crippen LogP) is 3.48. The predicted molar refractivity (Wildman–Crippen MR) is 101 cm³/mol. The smallest absolute Gasteiger partial charge is 0.223 e. The van der Waals surface area contributed by atoms with Gasteiger partial charge in [-0.1, -0.05) is 23.8 Å². The van der Waals surface area contributed by atoms with Crippen LogP contribution in [0.15, 0.2) is 35.9 Å². The van der Waals surface area contributed by atoms with Gasteiger partial charge in [0.25, 0.3) is 0 Å². The van der Waals surface area contributed by atoms with E-state index in [0.717, 1.165) is 50.3 Å². The average Bonchev–Trinajstić information content (AvgIpc) is 2.89. The van der Waals surface area contributed by atoms with Gasteiger partial charge in [0.2, 0.25) is 5.91 Å². The molecule has 4 heteroatoms. The summed E-state index contributed by atoms with van der Waals surface area (Å²) >= 11 is 0. The number of carbonyl (C=O) groups is 1. The van der Waals surface area contributed by atoms with Gasteiger partial charge in [-0.25, -0.2) is 0 Å². The number of hydrogen-bond donors (Lipinski definition) is 0. The summed E-state index contributed by atoms with van der Waals surface area (Å²) in [6, 6.07) is 8.04. The van der Waals surface area contributed by atoms with Crippen molar-refractivity contribution in [2.75, 3.05) is 33.3 Å². The first kappa shape index (κ1) is 18.0. The molecule has 1 aromatic rings. The summed E-state index contributed by atoms with van der Waals surface area (Å²) in [6.45, 7) is 9.14. The van der Waals surface area contributed by atoms with Crippen molar-refractivity contribution in [1.82, 2.24) is 9.80 Å². The van der Waals surface area contributed by atoms with Crippen molar-refractivity contribution in [2.24, 2.45) is 5.41 Å². The molecule has 4 nitrogen and oxygen atoms in total. The Balaban J connectivity index is 1.58. The van der Waals surface area contributed by atoms with Gasteiger partial charge in [-0.15, -0.1) is 0 Å². The third-order valence-electron chi connectivity index (χ3n) is 5.59. The Morgan fingerprint density at radius 1 is 1.28 bits per heavy atom. The lowest BCUT2D eigenvalue weighted by atomic mass is 9.77. The van der Waals surface area contributed by atoms with Gasteiger partial charge in [0.1, 0.15) is 5.75 Å². The molecular weight excluding hydrogens is 312 g/mol. The van der Waals surface area contributed by atoms with Gasteiger partial charge in [0.15, 0.2) is 0 Å². The van der Waals surface area contributed by atoms with Crippen LogP contribution < -0.4 is 4.74 Å². The number of carbonyl (C=O) groups excluding carboxylic acids is 1. The van der Waals surface area contributed by atoms with Gasteiger partial charge in [-0.3, -0.25) is 9.69 Å². The standard InChI is InChI=1S/C21H30N2O2/c1-17(2)7-10-22-11-8-21(9-12-22)14-20(24)23(16-21)15-18-5-4-6-19(13-18)25-3/h4-7,13H,8-12,14-16H2,1-3H3. The number of amides is 1. The number of piperidine rings is 1. The minimum atomic E-state index is 0.192. The molecule has 1 aromatic carbocycles. The van der Waals surface area contributed by atoms with Crippen molar-refractivity contribution in [3.63, 3.8) is 0 Å². The molecule has 2 saturated heterocycles. The van der Waals surface area contributed by atoms with Crippen molar-refractivity contribution in [2.45, 2.75) is 39.7 Å². The highest BCUT2D eigenvalue weighted by molar-refractivity contribution is 5.79. The van der Waals surface area contributed by atoms with Gasteiger partial charge in [-0.2, -0.15) is 0 Å². The monoisotopic (exact) mass is 342 g/mol. The molecule has 0 bridgehead atoms. The fourth-order valence-electron chi connectivity index (χ4n) is 3.97. The Bertz CT molecular complexity index is 641. The number of hydrogen-bond acceptors (Lipinski definition) is 3. The first-order valence-electron chi connectivity index (χ1n) is 9.26. The zero-order chi connectivity index (χ0) is 17.9. The van der Waals surface area contributed by atoms with Crippen LogP contribution in [-0.4, -0.2) is 49.0 Å². The van der Waals surface area contributed by atoms with Crippen LogP contribution in [0.25, 0.3) is 0 Å². The third-order valence-corrected chi connectivity index (χ3v) is 5.59. The van der Waals surface area contributed by atoms with Gasteiger partial charge in [0.05, 0.1) is 7.11 Å². The molecule has 2 heterocycles. The molecule has 0 atom stereocenters. The van der Waals surface area contributed by atoms with E-state index in [1.807, 2.05) is 23.1 Å². The van der Waals surface area contributed by atoms with Crippen molar-refractivity contribution >= 4 is 5.91 Å². The Morgan fingerprint density at radius 3 is 2.72 bits per heavy atom. The molecule has 1 spiro atoms. The second-order valence-electron chi connectivity index (χ2n) is 7.86. The SMILES string of the molecule is COc1cccc(CN2CC3(CCN(CC=C(C)C)CC3)CC2=O)c1. The highest BCUT2D eigenvalue weighted by atomic mass is 16.5. The number of methoxy groups -OCH3 is 1. The van der Waals surface area contributed by atoms with E-state index in [-0.39, 0.29) is 5.41 Å². The largest absolute Gasteiger partial charge is 0.497 e. The summed E-state index contributed by atoms with van der Waals surface area (Å²) < 4.78 is 5.29. The molecule has 0 saturated carbocycles. The van der Waals surface area contributed by atoms with Crippen LogP contribution in [0.2, 0.25) is 0 Å². The van der Waals surface area contributed by atoms with Crippen LogP contribution in [0.1, 0.15) is 38.7 Å². The summed E-state index contributed by atoms with van der Waals surface area (Å²) in [5, 5.41) is 0. The molecule has 2 aliphatic heterocycles. The molecule has 0 unspecified atom stereocenters. The number of nitrogens with zero attached hydrogens (tertiary/aromatic N) is 2. The summed E-state index contributed by atoms with van der Waals surface area (Å²) in [5.41, 5.74) is 2.71. The molecule has 136 valence electrons. The van der Waals surface area contributed by atoms with Crippen LogP contribution in [0, 0.1) is 5.41 Å². The van der Waals surface area contributed by atoms with E-state index in [1.54, 1.807) is 7.11 Å². The average molecular weight is 342 g/mol. The summed E-state index contributed by atoms with van der Waals surface area (Å²) in [4.78, 5) is 17.1. The number of allylic oxidation sites excluding steroid dienone is 1. The normalized spacial score (nSPS) is 20.1. The van der Waals surface area contributed by atoms with E-state index in [1.165, 1.54) is 5.57 Å². The maximum atomic E-state index is 12.6. The lowest BCUT2D eigenvalue weighted by Crippen LogP contribution is -2.41. The maximum absolute atomic E-state index is 12.6. The molecule has 0 N–H and O–H groups in total. The highest BCUT2D eigenvalue weighted by Gasteiger charge is 2.44. The van der Waals surface area contributed by atoms with Crippen molar-refractivity contribution in [1.29, 1.82) is 0 Å². The minimum Gasteiger partial charge on any atom is -0.497 e. The Labute approximate surface area is 151 Å². The summed E-state index contributed by atoms with van der Waals surface area (Å²) in [7, 11) is 1.68. The van der Waals surface area contributed by atoms with Gasteiger partial charge in [-0.05, 0) is 62.9 Å². The molecule has 0 aromatic heterocycles. The molecule has 0 aliphatic carbocycles. The van der Waals surface area contributed by atoms with Crippen LogP contribution >= 0.6 is 0 Å². The zero-order valence-electron chi connectivity index (χ0n) is 15.8. The third kappa shape index (κ3) is 4.43. The fourth-order valence-corrected chi connectivity index (χ4v) is 3.97. The van der Waals surface area contributed by atoms with Gasteiger partial charge >= 0.3 is 0 Å². The molecular formula is C21H30N2O2. The Morgan fingerprint density at radius 2 is 2.04 bits per heavy atom. The minimum absolute atomic E-state index is 0.192. The van der Waals surface area contributed by atoms with Crippen LogP contribution in [0.5, 0.6) is 5.75 Å². The highest BCUT2D eigenvalue weighted by Crippen LogP contribution is 2.41. The molecule has 2 fully saturated rings. The fraction of sp³-hybridized carbons (Fsp3) is 0.571. The topological polar surface area (TPSA) is 32.8 Å². The molecule has 2 aliphatic rings. The van der Waals surface area contributed by atoms with E-state index in [9.17, 15) is 4.79 Å². The van der Waals surface area contributed by atoms with Crippen molar-refractivity contribution < 1.29 is 9.53 Å². The lowest BCUT2D eigenvalue weighted by molar-refractivity contribution is -0.128. The molecule has 1 amide bonds. The Hall–Kier alpha value is -1.81. The van der Waals surface area contributed by atoms with E-state index in [0.29, 0.717) is 18.9 Å². The van der Waals surface area contributed by atoms with Crippen LogP contribution in [0.4, 0.5) is 0 Å². The summed E-state index contributed by atoms with van der Waals surface area (Å²) in [5.74, 6) is 1.16. The van der Waals surface area contributed by atoms with E-state index in [4.69, 9.17) is 4.74 Å². The van der Waals surface area contributed by atoms with Crippen molar-refractivity contribution in [3.8, 4) is 5.75 Å². The number of benzene rings is 1. The summed E-state index contributed by atoms with van der Waals surface area (Å²) in [6.07, 6.45) is 5.27. The second kappa shape index (κ2) is 7.61. The van der Waals surface area contributed by atoms with Crippen LogP contribution in [0.3, 0.4) is 0 Å². The quantitative estimate of drug-likeness (QED) is 0.768. The maximum Gasteiger partial charge on any atom is 0.223 e.